The van der Waals surface area contributed by atoms with Gasteiger partial charge >= 0.3 is 37.2 Å². The Bertz CT molecular complexity index is 1950. The summed E-state index contributed by atoms with van der Waals surface area (Å²) < 4.78 is 10.9. The smallest absolute Gasteiger partial charge is 0.504 e. The van der Waals surface area contributed by atoms with Gasteiger partial charge in [0, 0.05) is 24.6 Å². The summed E-state index contributed by atoms with van der Waals surface area (Å²) >= 11 is 0. The number of fused-ring (bicyclic) bond motifs is 4. The first-order valence-corrected chi connectivity index (χ1v) is 19.4. The molecule has 1 fully saturated rings. The van der Waals surface area contributed by atoms with E-state index in [0.717, 1.165) is 76.9 Å². The van der Waals surface area contributed by atoms with Gasteiger partial charge in [0.15, 0.2) is 5.91 Å². The minimum absolute atomic E-state index is 0. The number of aromatic amines is 2. The zero-order valence-electron chi connectivity index (χ0n) is 33.7. The van der Waals surface area contributed by atoms with Gasteiger partial charge in [0.05, 0.1) is 48.9 Å². The van der Waals surface area contributed by atoms with Crippen LogP contribution in [0.5, 0.6) is 0 Å². The number of ether oxygens (including phenoxy) is 2. The first-order valence-electron chi connectivity index (χ1n) is 19.4. The van der Waals surface area contributed by atoms with Gasteiger partial charge in [-0.1, -0.05) is 81.8 Å². The van der Waals surface area contributed by atoms with Crippen molar-refractivity contribution >= 4 is 17.9 Å². The summed E-state index contributed by atoms with van der Waals surface area (Å²) in [6, 6.07) is 16.6. The van der Waals surface area contributed by atoms with Crippen molar-refractivity contribution in [2.45, 2.75) is 97.9 Å². The zero-order chi connectivity index (χ0) is 39.4. The maximum atomic E-state index is 13.7. The molecule has 13 heteroatoms. The largest absolute Gasteiger partial charge is 2.00 e. The van der Waals surface area contributed by atoms with Crippen molar-refractivity contribution < 1.29 is 55.0 Å². The molecule has 2 aliphatic rings. The number of alkyl carbamates (subject to hydrolysis) is 1. The molecule has 56 heavy (non-hydrogen) atoms. The van der Waals surface area contributed by atoms with E-state index >= 15 is 0 Å². The summed E-state index contributed by atoms with van der Waals surface area (Å²) in [6.45, 7) is 17.8. The van der Waals surface area contributed by atoms with Crippen LogP contribution < -0.4 is 5.32 Å². The number of imidazole rings is 2. The predicted molar refractivity (Wildman–Crippen MR) is 212 cm³/mol. The number of hydrogen-bond donors (Lipinski definition) is 3. The van der Waals surface area contributed by atoms with Gasteiger partial charge in [-0.05, 0) is 54.7 Å². The van der Waals surface area contributed by atoms with Crippen LogP contribution in [0.15, 0.2) is 54.7 Å². The van der Waals surface area contributed by atoms with E-state index in [1.54, 1.807) is 11.1 Å². The van der Waals surface area contributed by atoms with Crippen LogP contribution in [-0.2, 0) is 31.2 Å². The molecular formula is C43H55N7O5U. The van der Waals surface area contributed by atoms with E-state index in [9.17, 15) is 14.4 Å². The predicted octanol–water partition coefficient (Wildman–Crippen LogP) is 7.96. The van der Waals surface area contributed by atoms with Crippen LogP contribution in [0.2, 0.25) is 0 Å². The van der Waals surface area contributed by atoms with Crippen molar-refractivity contribution in [2.24, 2.45) is 11.8 Å². The Morgan fingerprint density at radius 1 is 1.00 bits per heavy atom. The molecule has 0 aliphatic carbocycles. The molecule has 0 spiro atoms. The molecule has 3 N–H and O–H groups in total. The second-order valence-corrected chi connectivity index (χ2v) is 15.6. The number of hydrogen-bond acceptors (Lipinski definition) is 7. The van der Waals surface area contributed by atoms with Crippen molar-refractivity contribution in [1.82, 2.24) is 35.1 Å². The molecule has 6 rings (SSSR count). The van der Waals surface area contributed by atoms with E-state index in [4.69, 9.17) is 14.5 Å². The zero-order valence-corrected chi connectivity index (χ0v) is 37.9. The number of nitrogens with one attached hydrogen (secondary N) is 3. The minimum Gasteiger partial charge on any atom is -0.504 e. The molecule has 2 aliphatic heterocycles. The van der Waals surface area contributed by atoms with E-state index in [1.165, 1.54) is 7.11 Å². The Morgan fingerprint density at radius 3 is 2.27 bits per heavy atom. The number of carbonyl (C=O) groups is 3. The van der Waals surface area contributed by atoms with Gasteiger partial charge in [-0.15, -0.1) is 0 Å². The molecule has 296 valence electrons. The second kappa shape index (κ2) is 18.6. The molecule has 12 nitrogen and oxygen atoms in total. The van der Waals surface area contributed by atoms with Gasteiger partial charge in [0.25, 0.3) is 0 Å². The summed E-state index contributed by atoms with van der Waals surface area (Å²) in [4.78, 5) is 59.6. The number of carbonyl (C=O) groups excluding carboxylic acids is 3. The number of benzene rings is 2. The average Bonchev–Trinajstić information content (AvgIpc) is 3.95. The normalized spacial score (nSPS) is 19.2. The van der Waals surface area contributed by atoms with Gasteiger partial charge in [-0.3, -0.25) is 9.59 Å². The fourth-order valence-corrected chi connectivity index (χ4v) is 7.59. The maximum absolute atomic E-state index is 13.7. The molecular weight excluding hydrogens is 933 g/mol. The molecule has 2 aromatic carbocycles. The SMILES string of the molecule is [CH2-][C@@](C)(c1ncc(-c2ccc(-c3ccc(-c4nc5[nH]c4COCCCC[C@H](NC(=O)OC)C(=O)N4CCC[C@@H]54)cc3)cc2)[nH]1)N(C(=O)[C@@H](C)C(C)C)[C-](C)C.[U+2]. The average molecular weight is 988 g/mol. The number of aromatic nitrogens is 4. The van der Waals surface area contributed by atoms with Gasteiger partial charge in [-0.2, -0.15) is 13.8 Å². The van der Waals surface area contributed by atoms with Crippen LogP contribution in [0.1, 0.15) is 97.0 Å². The fraction of sp³-hybridized carbons (Fsp3) is 0.465. The molecule has 2 bridgehead atoms. The molecule has 4 heterocycles. The number of rotatable bonds is 9. The standard InChI is InChI=1S/C43H55N7O5.U/c1-26(2)28(5)39(51)50(27(3)4)43(6,7)41-44-24-34(46-41)31-18-14-29(15-19-31)30-16-20-32(21-17-30)37-35-25-55-23-10-9-12-33(47-42(53)54-8)40(52)49-22-11-13-36(49)38(45-35)48-37;/h14-21,24,26,28,33,36H,6,9-13,22-23,25H2,1-5,7-8H3,(H,44,46)(H,45,48)(H,47,53);/q-2;+2/t28-,33-,36-,43+;/m0./s1. The topological polar surface area (TPSA) is 146 Å². The Balaban J connectivity index is 0.00000600. The number of amides is 3. The fourth-order valence-electron chi connectivity index (χ4n) is 7.59. The van der Waals surface area contributed by atoms with Crippen molar-refractivity contribution in [3.63, 3.8) is 0 Å². The maximum Gasteiger partial charge on any atom is 2.00 e. The summed E-state index contributed by atoms with van der Waals surface area (Å²) in [5, 5.41) is 2.75. The van der Waals surface area contributed by atoms with E-state index in [1.807, 2.05) is 32.6 Å². The van der Waals surface area contributed by atoms with Crippen molar-refractivity contribution in [1.29, 1.82) is 0 Å². The van der Waals surface area contributed by atoms with Gasteiger partial charge < -0.3 is 41.5 Å². The van der Waals surface area contributed by atoms with Gasteiger partial charge in [0.1, 0.15) is 11.9 Å². The Morgan fingerprint density at radius 2 is 1.64 bits per heavy atom. The van der Waals surface area contributed by atoms with Crippen LogP contribution in [0, 0.1) is 55.9 Å². The first-order chi connectivity index (χ1) is 26.3. The molecule has 0 saturated carbocycles. The van der Waals surface area contributed by atoms with E-state index < -0.39 is 17.7 Å². The van der Waals surface area contributed by atoms with E-state index in [0.29, 0.717) is 32.0 Å². The second-order valence-electron chi connectivity index (χ2n) is 15.6. The van der Waals surface area contributed by atoms with Crippen LogP contribution in [0.3, 0.4) is 0 Å². The Kier molecular flexibility index (Phi) is 14.3. The summed E-state index contributed by atoms with van der Waals surface area (Å²) in [5.74, 6) is 1.32. The van der Waals surface area contributed by atoms with Gasteiger partial charge in [0.2, 0.25) is 5.91 Å². The summed E-state index contributed by atoms with van der Waals surface area (Å²) in [7, 11) is 1.30. The van der Waals surface area contributed by atoms with Crippen molar-refractivity contribution in [2.75, 3.05) is 20.3 Å². The molecule has 1 saturated heterocycles. The van der Waals surface area contributed by atoms with Crippen LogP contribution >= 0.6 is 0 Å². The first kappa shape index (κ1) is 43.2. The van der Waals surface area contributed by atoms with E-state index in [-0.39, 0.29) is 60.8 Å². The van der Waals surface area contributed by atoms with Crippen LogP contribution in [0.25, 0.3) is 33.6 Å². The Hall–Kier alpha value is -3.92. The monoisotopic (exact) mass is 987 g/mol. The molecule has 2 aromatic heterocycles. The van der Waals surface area contributed by atoms with E-state index in [2.05, 4.69) is 89.6 Å². The molecule has 0 unspecified atom stereocenters. The Labute approximate surface area is 354 Å². The van der Waals surface area contributed by atoms with Gasteiger partial charge in [-0.25, -0.2) is 20.8 Å². The molecule has 4 aromatic rings. The molecule has 0 radical (unpaired) electrons. The molecule has 3 amide bonds. The third-order valence-electron chi connectivity index (χ3n) is 11.0. The minimum atomic E-state index is -0.908. The van der Waals surface area contributed by atoms with Crippen molar-refractivity contribution in [3.8, 4) is 33.6 Å². The third kappa shape index (κ3) is 9.27. The quantitative estimate of drug-likeness (QED) is 0.144. The third-order valence-corrected chi connectivity index (χ3v) is 11.0. The molecule has 4 atom stereocenters. The number of H-pyrrole nitrogens is 2. The van der Waals surface area contributed by atoms with Crippen LogP contribution in [-0.4, -0.2) is 73.9 Å². The number of nitrogens with zero attached hydrogens (tertiary/aromatic N) is 4. The summed E-state index contributed by atoms with van der Waals surface area (Å²) in [5.41, 5.74) is 5.66. The summed E-state index contributed by atoms with van der Waals surface area (Å²) in [6.07, 6.45) is 4.82. The van der Waals surface area contributed by atoms with Crippen LogP contribution in [0.4, 0.5) is 4.79 Å². The van der Waals surface area contributed by atoms with Crippen molar-refractivity contribution in [3.05, 3.63) is 85.0 Å². The number of methoxy groups -OCH3 is 1.